The highest BCUT2D eigenvalue weighted by atomic mass is 16.5. The van der Waals surface area contributed by atoms with Gasteiger partial charge in [0.15, 0.2) is 6.10 Å². The fourth-order valence-electron chi connectivity index (χ4n) is 3.60. The van der Waals surface area contributed by atoms with Gasteiger partial charge in [-0.15, -0.1) is 0 Å². The highest BCUT2D eigenvalue weighted by Crippen LogP contribution is 2.37. The van der Waals surface area contributed by atoms with Gasteiger partial charge in [-0.1, -0.05) is 42.0 Å². The van der Waals surface area contributed by atoms with Crippen LogP contribution >= 0.6 is 0 Å². The zero-order chi connectivity index (χ0) is 19.7. The van der Waals surface area contributed by atoms with E-state index < -0.39 is 12.1 Å². The Morgan fingerprint density at radius 3 is 2.41 bits per heavy atom. The fourth-order valence-corrected chi connectivity index (χ4v) is 3.60. The Labute approximate surface area is 157 Å². The molecular weight excluding hydrogens is 342 g/mol. The minimum absolute atomic E-state index is 0.226. The predicted molar refractivity (Wildman–Crippen MR) is 106 cm³/mol. The van der Waals surface area contributed by atoms with Crippen LogP contribution in [0, 0.1) is 13.8 Å². The molecule has 0 spiro atoms. The van der Waals surface area contributed by atoms with Gasteiger partial charge in [0.2, 0.25) is 0 Å². The van der Waals surface area contributed by atoms with Gasteiger partial charge >= 0.3 is 5.97 Å². The molecule has 0 saturated heterocycles. The molecule has 1 atom stereocenters. The average Bonchev–Trinajstić information content (AvgIpc) is 2.63. The summed E-state index contributed by atoms with van der Waals surface area (Å²) in [4.78, 5) is 24.9. The van der Waals surface area contributed by atoms with Crippen LogP contribution in [0.25, 0.3) is 21.9 Å². The number of aromatic nitrogens is 1. The smallest absolute Gasteiger partial charge is 0.339 e. The molecule has 0 bridgehead atoms. The summed E-state index contributed by atoms with van der Waals surface area (Å²) < 4.78 is 6.95. The number of aryl methyl sites for hydroxylation is 2. The van der Waals surface area contributed by atoms with Gasteiger partial charge in [0.05, 0.1) is 5.69 Å². The fraction of sp³-hybridized carbons (Fsp3) is 0.273. The van der Waals surface area contributed by atoms with Crippen molar-refractivity contribution in [2.75, 3.05) is 6.61 Å². The van der Waals surface area contributed by atoms with Crippen molar-refractivity contribution in [1.29, 1.82) is 0 Å². The van der Waals surface area contributed by atoms with Crippen LogP contribution in [0.3, 0.4) is 0 Å². The number of pyridine rings is 1. The summed E-state index contributed by atoms with van der Waals surface area (Å²) in [7, 11) is 1.60. The van der Waals surface area contributed by atoms with Gasteiger partial charge in [-0.05, 0) is 43.4 Å². The van der Waals surface area contributed by atoms with Crippen LogP contribution < -0.4 is 5.56 Å². The molecule has 2 aromatic carbocycles. The van der Waals surface area contributed by atoms with Crippen molar-refractivity contribution in [3.8, 4) is 11.1 Å². The number of hydrogen-bond donors (Lipinski definition) is 1. The summed E-state index contributed by atoms with van der Waals surface area (Å²) >= 11 is 0. The third-order valence-corrected chi connectivity index (χ3v) is 4.81. The Balaban J connectivity index is 2.52. The van der Waals surface area contributed by atoms with E-state index in [2.05, 4.69) is 6.07 Å². The molecule has 0 aliphatic carbocycles. The van der Waals surface area contributed by atoms with Crippen LogP contribution in [-0.4, -0.2) is 22.2 Å². The van der Waals surface area contributed by atoms with Crippen molar-refractivity contribution < 1.29 is 14.6 Å². The Morgan fingerprint density at radius 2 is 1.81 bits per heavy atom. The zero-order valence-electron chi connectivity index (χ0n) is 15.9. The van der Waals surface area contributed by atoms with Gasteiger partial charge in [-0.2, -0.15) is 0 Å². The topological polar surface area (TPSA) is 68.5 Å². The number of rotatable bonds is 5. The van der Waals surface area contributed by atoms with Gasteiger partial charge in [0, 0.05) is 24.6 Å². The van der Waals surface area contributed by atoms with Crippen LogP contribution in [0.2, 0.25) is 0 Å². The molecule has 5 nitrogen and oxygen atoms in total. The third kappa shape index (κ3) is 3.26. The minimum Gasteiger partial charge on any atom is -0.479 e. The molecule has 1 aromatic heterocycles. The lowest BCUT2D eigenvalue weighted by Crippen LogP contribution is -2.28. The van der Waals surface area contributed by atoms with Crippen LogP contribution in [0.4, 0.5) is 0 Å². The maximum atomic E-state index is 12.9. The molecule has 140 valence electrons. The number of benzene rings is 2. The van der Waals surface area contributed by atoms with E-state index in [0.29, 0.717) is 11.1 Å². The quantitative estimate of drug-likeness (QED) is 0.742. The Morgan fingerprint density at radius 1 is 1.15 bits per heavy atom. The molecule has 0 radical (unpaired) electrons. The molecule has 3 rings (SSSR count). The van der Waals surface area contributed by atoms with E-state index >= 15 is 0 Å². The molecule has 0 amide bonds. The molecule has 5 heteroatoms. The normalized spacial score (nSPS) is 12.3. The first-order valence-corrected chi connectivity index (χ1v) is 8.90. The molecular formula is C22H23NO4. The first-order chi connectivity index (χ1) is 12.9. The molecule has 27 heavy (non-hydrogen) atoms. The van der Waals surface area contributed by atoms with E-state index in [0.717, 1.165) is 27.6 Å². The van der Waals surface area contributed by atoms with Crippen molar-refractivity contribution >= 4 is 16.7 Å². The summed E-state index contributed by atoms with van der Waals surface area (Å²) in [6, 6.07) is 13.3. The van der Waals surface area contributed by atoms with E-state index in [1.165, 1.54) is 4.57 Å². The Hall–Kier alpha value is -2.92. The molecule has 1 heterocycles. The number of carboxylic acids is 1. The van der Waals surface area contributed by atoms with E-state index in [1.807, 2.05) is 44.2 Å². The van der Waals surface area contributed by atoms with Gasteiger partial charge in [0.25, 0.3) is 5.56 Å². The first-order valence-electron chi connectivity index (χ1n) is 8.90. The lowest BCUT2D eigenvalue weighted by Gasteiger charge is -2.23. The first kappa shape index (κ1) is 18.9. The highest BCUT2D eigenvalue weighted by molar-refractivity contribution is 5.99. The van der Waals surface area contributed by atoms with E-state index in [-0.39, 0.29) is 12.2 Å². The van der Waals surface area contributed by atoms with Crippen molar-refractivity contribution in [3.63, 3.8) is 0 Å². The summed E-state index contributed by atoms with van der Waals surface area (Å²) in [5, 5.41) is 11.1. The molecule has 0 aliphatic heterocycles. The van der Waals surface area contributed by atoms with Crippen LogP contribution in [0.15, 0.2) is 47.3 Å². The highest BCUT2D eigenvalue weighted by Gasteiger charge is 2.29. The molecule has 3 aromatic rings. The maximum Gasteiger partial charge on any atom is 0.339 e. The van der Waals surface area contributed by atoms with E-state index in [1.54, 1.807) is 20.0 Å². The monoisotopic (exact) mass is 365 g/mol. The lowest BCUT2D eigenvalue weighted by atomic mass is 9.91. The van der Waals surface area contributed by atoms with Crippen molar-refractivity contribution in [1.82, 2.24) is 4.57 Å². The number of nitrogens with zero attached hydrogens (tertiary/aromatic N) is 1. The second-order valence-corrected chi connectivity index (χ2v) is 6.66. The second kappa shape index (κ2) is 7.37. The van der Waals surface area contributed by atoms with Crippen molar-refractivity contribution in [2.45, 2.75) is 26.9 Å². The van der Waals surface area contributed by atoms with Crippen LogP contribution in [0.5, 0.6) is 0 Å². The Kier molecular flexibility index (Phi) is 5.15. The number of carbonyl (C=O) groups is 1. The number of hydrogen-bond acceptors (Lipinski definition) is 3. The number of aliphatic carboxylic acids is 1. The molecule has 1 N–H and O–H groups in total. The maximum absolute atomic E-state index is 12.9. The minimum atomic E-state index is -1.23. The molecule has 0 aliphatic rings. The van der Waals surface area contributed by atoms with Crippen LogP contribution in [-0.2, 0) is 16.6 Å². The third-order valence-electron chi connectivity index (χ3n) is 4.81. The second-order valence-electron chi connectivity index (χ2n) is 6.66. The molecule has 0 fully saturated rings. The van der Waals surface area contributed by atoms with Gasteiger partial charge in [0.1, 0.15) is 0 Å². The number of fused-ring (bicyclic) bond motifs is 1. The summed E-state index contributed by atoms with van der Waals surface area (Å²) in [5.74, 6) is -1.12. The SMILES string of the molecule is CCOC(C(=O)O)c1c(-c2ccc(C)cc2C)c2ccccc2c(=O)n1C. The summed E-state index contributed by atoms with van der Waals surface area (Å²) in [5.41, 5.74) is 3.88. The number of ether oxygens (including phenoxy) is 1. The van der Waals surface area contributed by atoms with Crippen molar-refractivity contribution in [2.24, 2.45) is 7.05 Å². The van der Waals surface area contributed by atoms with Crippen LogP contribution in [0.1, 0.15) is 29.8 Å². The standard InChI is InChI=1S/C22H23NO4/c1-5-27-20(22(25)26)19-18(15-11-10-13(2)12-14(15)3)16-8-6-7-9-17(16)21(24)23(19)4/h6-12,20H,5H2,1-4H3,(H,25,26). The van der Waals surface area contributed by atoms with Gasteiger partial charge in [-0.3, -0.25) is 4.79 Å². The number of carboxylic acid groups (broad SMARTS) is 1. The largest absolute Gasteiger partial charge is 0.479 e. The van der Waals surface area contributed by atoms with Crippen molar-refractivity contribution in [3.05, 3.63) is 69.6 Å². The zero-order valence-corrected chi connectivity index (χ0v) is 15.9. The summed E-state index contributed by atoms with van der Waals surface area (Å²) in [6.45, 7) is 5.97. The average molecular weight is 365 g/mol. The Bertz CT molecular complexity index is 1080. The predicted octanol–water partition coefficient (Wildman–Crippen LogP) is 3.98. The van der Waals surface area contributed by atoms with Gasteiger partial charge < -0.3 is 14.4 Å². The van der Waals surface area contributed by atoms with Gasteiger partial charge in [-0.25, -0.2) is 4.79 Å². The molecule has 1 unspecified atom stereocenters. The summed E-state index contributed by atoms with van der Waals surface area (Å²) in [6.07, 6.45) is -1.23. The van der Waals surface area contributed by atoms with E-state index in [9.17, 15) is 14.7 Å². The molecule has 0 saturated carbocycles. The van der Waals surface area contributed by atoms with E-state index in [4.69, 9.17) is 4.74 Å². The lowest BCUT2D eigenvalue weighted by molar-refractivity contribution is -0.151.